The first-order valence-corrected chi connectivity index (χ1v) is 5.88. The summed E-state index contributed by atoms with van der Waals surface area (Å²) in [4.78, 5) is 22.4. The standard InChI is InChI=1S/C11H15BrN2O3/c1-11(2,3)13-9(15)6-14-5-7(10(16)17)4-8(14)12/h4-5H,6H2,1-3H3,(H,13,15)(H,16,17). The summed E-state index contributed by atoms with van der Waals surface area (Å²) in [6.45, 7) is 5.75. The van der Waals surface area contributed by atoms with Crippen molar-refractivity contribution in [1.29, 1.82) is 0 Å². The van der Waals surface area contributed by atoms with E-state index in [0.717, 1.165) is 0 Å². The first kappa shape index (κ1) is 13.8. The van der Waals surface area contributed by atoms with E-state index in [9.17, 15) is 9.59 Å². The lowest BCUT2D eigenvalue weighted by Gasteiger charge is -2.20. The third-order valence-electron chi connectivity index (χ3n) is 1.92. The van der Waals surface area contributed by atoms with E-state index in [2.05, 4.69) is 21.2 Å². The minimum atomic E-state index is -1.01. The molecule has 0 bridgehead atoms. The summed E-state index contributed by atoms with van der Waals surface area (Å²) in [6, 6.07) is 1.46. The Balaban J connectivity index is 2.75. The summed E-state index contributed by atoms with van der Waals surface area (Å²) >= 11 is 3.21. The van der Waals surface area contributed by atoms with E-state index in [1.807, 2.05) is 20.8 Å². The van der Waals surface area contributed by atoms with Crippen LogP contribution in [0.3, 0.4) is 0 Å². The Morgan fingerprint density at radius 2 is 2.06 bits per heavy atom. The van der Waals surface area contributed by atoms with Crippen molar-refractivity contribution in [3.63, 3.8) is 0 Å². The molecule has 0 saturated carbocycles. The molecule has 6 heteroatoms. The molecule has 0 spiro atoms. The molecule has 0 fully saturated rings. The molecule has 1 rings (SSSR count). The highest BCUT2D eigenvalue weighted by molar-refractivity contribution is 9.10. The van der Waals surface area contributed by atoms with Crippen molar-refractivity contribution in [1.82, 2.24) is 9.88 Å². The van der Waals surface area contributed by atoms with Gasteiger partial charge in [-0.1, -0.05) is 0 Å². The monoisotopic (exact) mass is 302 g/mol. The second kappa shape index (κ2) is 4.91. The molecule has 1 amide bonds. The van der Waals surface area contributed by atoms with Crippen LogP contribution in [0.1, 0.15) is 31.1 Å². The van der Waals surface area contributed by atoms with Gasteiger partial charge in [-0.3, -0.25) is 4.79 Å². The number of halogens is 1. The SMILES string of the molecule is CC(C)(C)NC(=O)Cn1cc(C(=O)O)cc1Br. The predicted octanol–water partition coefficient (Wildman–Crippen LogP) is 1.86. The van der Waals surface area contributed by atoms with Crippen LogP contribution in [0, 0.1) is 0 Å². The molecule has 0 aliphatic carbocycles. The zero-order chi connectivity index (χ0) is 13.2. The molecule has 0 radical (unpaired) electrons. The number of carbonyl (C=O) groups excluding carboxylic acids is 1. The fraction of sp³-hybridized carbons (Fsp3) is 0.455. The van der Waals surface area contributed by atoms with Crippen molar-refractivity contribution in [2.45, 2.75) is 32.9 Å². The van der Waals surface area contributed by atoms with Gasteiger partial charge in [0, 0.05) is 11.7 Å². The summed E-state index contributed by atoms with van der Waals surface area (Å²) in [5.41, 5.74) is -0.146. The van der Waals surface area contributed by atoms with Crippen LogP contribution in [0.4, 0.5) is 0 Å². The molecule has 0 unspecified atom stereocenters. The molecule has 0 aromatic carbocycles. The second-order valence-corrected chi connectivity index (χ2v) is 5.60. The van der Waals surface area contributed by atoms with E-state index >= 15 is 0 Å². The van der Waals surface area contributed by atoms with E-state index in [4.69, 9.17) is 5.11 Å². The summed E-state index contributed by atoms with van der Waals surface area (Å²) < 4.78 is 2.11. The number of amides is 1. The van der Waals surface area contributed by atoms with Gasteiger partial charge in [-0.2, -0.15) is 0 Å². The van der Waals surface area contributed by atoms with Crippen LogP contribution in [0.5, 0.6) is 0 Å². The Bertz CT molecular complexity index is 446. The van der Waals surface area contributed by atoms with Crippen LogP contribution in [-0.2, 0) is 11.3 Å². The van der Waals surface area contributed by atoms with Crippen molar-refractivity contribution in [2.75, 3.05) is 0 Å². The van der Waals surface area contributed by atoms with Gasteiger partial charge in [0.1, 0.15) is 6.54 Å². The number of hydrogen-bond acceptors (Lipinski definition) is 2. The molecular formula is C11H15BrN2O3. The van der Waals surface area contributed by atoms with E-state index in [1.54, 1.807) is 4.57 Å². The second-order valence-electron chi connectivity index (χ2n) is 4.78. The first-order valence-electron chi connectivity index (χ1n) is 5.09. The molecule has 94 valence electrons. The number of carboxylic acid groups (broad SMARTS) is 1. The van der Waals surface area contributed by atoms with E-state index < -0.39 is 5.97 Å². The third-order valence-corrected chi connectivity index (χ3v) is 2.60. The molecule has 2 N–H and O–H groups in total. The molecule has 5 nitrogen and oxygen atoms in total. The van der Waals surface area contributed by atoms with Crippen LogP contribution in [0.2, 0.25) is 0 Å². The maximum absolute atomic E-state index is 11.7. The van der Waals surface area contributed by atoms with Gasteiger partial charge in [0.05, 0.1) is 10.2 Å². The van der Waals surface area contributed by atoms with Crippen molar-refractivity contribution in [2.24, 2.45) is 0 Å². The topological polar surface area (TPSA) is 71.3 Å². The number of carbonyl (C=O) groups is 2. The van der Waals surface area contributed by atoms with Crippen molar-refractivity contribution >= 4 is 27.8 Å². The van der Waals surface area contributed by atoms with Crippen molar-refractivity contribution in [3.8, 4) is 0 Å². The first-order chi connectivity index (χ1) is 7.69. The highest BCUT2D eigenvalue weighted by Gasteiger charge is 2.16. The molecule has 0 aliphatic rings. The Morgan fingerprint density at radius 1 is 1.47 bits per heavy atom. The number of nitrogens with one attached hydrogen (secondary N) is 1. The van der Waals surface area contributed by atoms with Gasteiger partial charge in [-0.15, -0.1) is 0 Å². The van der Waals surface area contributed by atoms with Gasteiger partial charge < -0.3 is 15.0 Å². The lowest BCUT2D eigenvalue weighted by atomic mass is 10.1. The molecule has 17 heavy (non-hydrogen) atoms. The average Bonchev–Trinajstić information content (AvgIpc) is 2.44. The van der Waals surface area contributed by atoms with Gasteiger partial charge in [-0.05, 0) is 42.8 Å². The normalized spacial score (nSPS) is 11.3. The van der Waals surface area contributed by atoms with Gasteiger partial charge in [0.2, 0.25) is 5.91 Å². The van der Waals surface area contributed by atoms with Gasteiger partial charge in [0.25, 0.3) is 0 Å². The van der Waals surface area contributed by atoms with Crippen LogP contribution in [0.25, 0.3) is 0 Å². The zero-order valence-electron chi connectivity index (χ0n) is 9.95. The fourth-order valence-electron chi connectivity index (χ4n) is 1.33. The number of carboxylic acids is 1. The van der Waals surface area contributed by atoms with Gasteiger partial charge >= 0.3 is 5.97 Å². The summed E-state index contributed by atoms with van der Waals surface area (Å²) in [5, 5.41) is 11.6. The number of nitrogens with zero attached hydrogens (tertiary/aromatic N) is 1. The third kappa shape index (κ3) is 4.22. The molecule has 0 saturated heterocycles. The van der Waals surface area contributed by atoms with Gasteiger partial charge in [-0.25, -0.2) is 4.79 Å². The smallest absolute Gasteiger partial charge is 0.337 e. The Hall–Kier alpha value is -1.30. The highest BCUT2D eigenvalue weighted by atomic mass is 79.9. The quantitative estimate of drug-likeness (QED) is 0.895. The maximum atomic E-state index is 11.7. The molecule has 1 aromatic heterocycles. The Labute approximate surface area is 108 Å². The Kier molecular flexibility index (Phi) is 3.98. The summed E-state index contributed by atoms with van der Waals surface area (Å²) in [6.07, 6.45) is 1.43. The van der Waals surface area contributed by atoms with E-state index in [1.165, 1.54) is 12.3 Å². The minimum Gasteiger partial charge on any atom is -0.478 e. The zero-order valence-corrected chi connectivity index (χ0v) is 11.5. The minimum absolute atomic E-state index is 0.0884. The van der Waals surface area contributed by atoms with Crippen molar-refractivity contribution < 1.29 is 14.7 Å². The summed E-state index contributed by atoms with van der Waals surface area (Å²) in [7, 11) is 0. The summed E-state index contributed by atoms with van der Waals surface area (Å²) in [5.74, 6) is -1.17. The molecule has 0 aliphatic heterocycles. The Morgan fingerprint density at radius 3 is 2.47 bits per heavy atom. The van der Waals surface area contributed by atoms with E-state index in [-0.39, 0.29) is 23.6 Å². The average molecular weight is 303 g/mol. The number of hydrogen-bond donors (Lipinski definition) is 2. The van der Waals surface area contributed by atoms with Crippen LogP contribution >= 0.6 is 15.9 Å². The van der Waals surface area contributed by atoms with Crippen LogP contribution < -0.4 is 5.32 Å². The number of aromatic nitrogens is 1. The molecule has 0 atom stereocenters. The number of rotatable bonds is 3. The lowest BCUT2D eigenvalue weighted by Crippen LogP contribution is -2.42. The van der Waals surface area contributed by atoms with Crippen LogP contribution in [-0.4, -0.2) is 27.1 Å². The molecule has 1 aromatic rings. The predicted molar refractivity (Wildman–Crippen MR) is 67.0 cm³/mol. The van der Waals surface area contributed by atoms with Crippen LogP contribution in [0.15, 0.2) is 16.9 Å². The van der Waals surface area contributed by atoms with Gasteiger partial charge in [0.15, 0.2) is 0 Å². The fourth-order valence-corrected chi connectivity index (χ4v) is 1.80. The maximum Gasteiger partial charge on any atom is 0.337 e. The van der Waals surface area contributed by atoms with Crippen molar-refractivity contribution in [3.05, 3.63) is 22.4 Å². The largest absolute Gasteiger partial charge is 0.478 e. The van der Waals surface area contributed by atoms with E-state index in [0.29, 0.717) is 4.60 Å². The number of aromatic carboxylic acids is 1. The molecular weight excluding hydrogens is 288 g/mol. The lowest BCUT2D eigenvalue weighted by molar-refractivity contribution is -0.123. The molecule has 1 heterocycles. The highest BCUT2D eigenvalue weighted by Crippen LogP contribution is 2.15.